The lowest BCUT2D eigenvalue weighted by molar-refractivity contribution is 0.217. The minimum atomic E-state index is -3.51. The lowest BCUT2D eigenvalue weighted by Crippen LogP contribution is -2.29. The first-order valence-electron chi connectivity index (χ1n) is 7.38. The predicted molar refractivity (Wildman–Crippen MR) is 84.0 cm³/mol. The lowest BCUT2D eigenvalue weighted by Gasteiger charge is -2.23. The maximum atomic E-state index is 12.9. The first kappa shape index (κ1) is 15.3. The van der Waals surface area contributed by atoms with Gasteiger partial charge in [-0.2, -0.15) is 0 Å². The minimum absolute atomic E-state index is 0.00803. The number of fused-ring (bicyclic) bond motifs is 1. The van der Waals surface area contributed by atoms with Gasteiger partial charge in [0.05, 0.1) is 4.75 Å². The predicted octanol–water partition coefficient (Wildman–Crippen LogP) is 1.65. The van der Waals surface area contributed by atoms with Gasteiger partial charge in [-0.15, -0.1) is 0 Å². The topological polar surface area (TPSA) is 72.7 Å². The lowest BCUT2D eigenvalue weighted by atomic mass is 10.3. The molecule has 6 nitrogen and oxygen atoms in total. The molecule has 0 aliphatic carbocycles. The number of sulfone groups is 1. The summed E-state index contributed by atoms with van der Waals surface area (Å²) in [7, 11) is -3.51. The summed E-state index contributed by atoms with van der Waals surface area (Å²) in [4.78, 5) is 4.43. The third-order valence-corrected chi connectivity index (χ3v) is 6.36. The molecule has 2 aromatic rings. The summed E-state index contributed by atoms with van der Waals surface area (Å²) in [6.07, 6.45) is 5.84. The molecule has 120 valence electrons. The second-order valence-corrected chi connectivity index (χ2v) is 9.21. The summed E-state index contributed by atoms with van der Waals surface area (Å²) in [5, 5.41) is 3.22. The Balaban J connectivity index is 2.13. The van der Waals surface area contributed by atoms with E-state index in [-0.39, 0.29) is 11.0 Å². The summed E-state index contributed by atoms with van der Waals surface area (Å²) in [6, 6.07) is 1.71. The van der Waals surface area contributed by atoms with Crippen LogP contribution in [0.3, 0.4) is 0 Å². The Morgan fingerprint density at radius 2 is 2.18 bits per heavy atom. The van der Waals surface area contributed by atoms with Gasteiger partial charge in [-0.05, 0) is 33.7 Å². The molecule has 7 heteroatoms. The summed E-state index contributed by atoms with van der Waals surface area (Å²) < 4.78 is 32.6. The average Bonchev–Trinajstić information content (AvgIpc) is 3.06. The summed E-state index contributed by atoms with van der Waals surface area (Å²) in [5.74, 6) is 0.391. The van der Waals surface area contributed by atoms with Gasteiger partial charge in [-0.3, -0.25) is 0 Å². The Hall–Kier alpha value is -1.60. The first-order valence-corrected chi connectivity index (χ1v) is 8.86. The van der Waals surface area contributed by atoms with Crippen molar-refractivity contribution in [2.24, 2.45) is 0 Å². The molecule has 3 heterocycles. The maximum Gasteiger partial charge on any atom is 0.188 e. The van der Waals surface area contributed by atoms with E-state index in [2.05, 4.69) is 10.3 Å². The van der Waals surface area contributed by atoms with Crippen molar-refractivity contribution in [3.63, 3.8) is 0 Å². The van der Waals surface area contributed by atoms with Crippen molar-refractivity contribution in [1.82, 2.24) is 14.7 Å². The van der Waals surface area contributed by atoms with E-state index >= 15 is 0 Å². The van der Waals surface area contributed by atoms with Crippen LogP contribution in [0.15, 0.2) is 29.6 Å². The normalized spacial score (nSPS) is 19.7. The molecule has 22 heavy (non-hydrogen) atoms. The molecule has 0 amide bonds. The molecule has 0 spiro atoms. The number of imidazole rings is 1. The Morgan fingerprint density at radius 1 is 1.41 bits per heavy atom. The number of aromatic nitrogens is 2. The van der Waals surface area contributed by atoms with Gasteiger partial charge in [-0.1, -0.05) is 0 Å². The second-order valence-electron chi connectivity index (χ2n) is 6.54. The van der Waals surface area contributed by atoms with E-state index in [0.717, 1.165) is 19.5 Å². The molecule has 1 atom stereocenters. The van der Waals surface area contributed by atoms with Crippen molar-refractivity contribution in [2.45, 2.75) is 42.9 Å². The number of nitrogens with zero attached hydrogens (tertiary/aromatic N) is 2. The highest BCUT2D eigenvalue weighted by molar-refractivity contribution is 7.92. The van der Waals surface area contributed by atoms with E-state index in [9.17, 15) is 8.42 Å². The van der Waals surface area contributed by atoms with E-state index in [1.807, 2.05) is 0 Å². The van der Waals surface area contributed by atoms with Gasteiger partial charge >= 0.3 is 0 Å². The molecular weight excluding hydrogens is 302 g/mol. The van der Waals surface area contributed by atoms with Crippen molar-refractivity contribution in [3.8, 4) is 5.75 Å². The summed E-state index contributed by atoms with van der Waals surface area (Å²) in [6.45, 7) is 6.70. The van der Waals surface area contributed by atoms with Crippen LogP contribution in [0.25, 0.3) is 5.65 Å². The zero-order valence-electron chi connectivity index (χ0n) is 13.0. The standard InChI is InChI=1S/C15H21N3O3S/c1-15(2,3)22(19,20)13-10-18-7-6-17-14(18)8-12(13)21-11-4-5-16-9-11/h6-8,10-11,16H,4-5,9H2,1-3H3. The highest BCUT2D eigenvalue weighted by Gasteiger charge is 2.35. The fourth-order valence-corrected chi connectivity index (χ4v) is 3.74. The fraction of sp³-hybridized carbons (Fsp3) is 0.533. The number of hydrogen-bond donors (Lipinski definition) is 1. The SMILES string of the molecule is CC(C)(C)S(=O)(=O)c1cn2ccnc2cc1OC1CCNC1. The van der Waals surface area contributed by atoms with E-state index < -0.39 is 14.6 Å². The summed E-state index contributed by atoms with van der Waals surface area (Å²) >= 11 is 0. The van der Waals surface area contributed by atoms with Crippen LogP contribution in [-0.4, -0.2) is 41.7 Å². The van der Waals surface area contributed by atoms with Crippen LogP contribution in [0.5, 0.6) is 5.75 Å². The number of hydrogen-bond acceptors (Lipinski definition) is 5. The van der Waals surface area contributed by atoms with Crippen LogP contribution < -0.4 is 10.1 Å². The van der Waals surface area contributed by atoms with Crippen molar-refractivity contribution in [2.75, 3.05) is 13.1 Å². The number of nitrogens with one attached hydrogen (secondary N) is 1. The quantitative estimate of drug-likeness (QED) is 0.930. The van der Waals surface area contributed by atoms with Crippen LogP contribution >= 0.6 is 0 Å². The van der Waals surface area contributed by atoms with Gasteiger partial charge in [0.15, 0.2) is 9.84 Å². The average molecular weight is 323 g/mol. The van der Waals surface area contributed by atoms with Gasteiger partial charge in [0, 0.05) is 31.2 Å². The van der Waals surface area contributed by atoms with Crippen LogP contribution in [0, 0.1) is 0 Å². The fourth-order valence-electron chi connectivity index (χ4n) is 2.46. The highest BCUT2D eigenvalue weighted by Crippen LogP contribution is 2.33. The molecule has 1 fully saturated rings. The molecule has 0 radical (unpaired) electrons. The molecule has 1 aliphatic heterocycles. The zero-order chi connectivity index (χ0) is 16.0. The first-order chi connectivity index (χ1) is 10.3. The van der Waals surface area contributed by atoms with Crippen LogP contribution in [-0.2, 0) is 9.84 Å². The van der Waals surface area contributed by atoms with Gasteiger partial charge < -0.3 is 14.5 Å². The van der Waals surface area contributed by atoms with E-state index in [1.54, 1.807) is 49.8 Å². The molecule has 1 unspecified atom stereocenters. The minimum Gasteiger partial charge on any atom is -0.487 e. The van der Waals surface area contributed by atoms with Crippen molar-refractivity contribution < 1.29 is 13.2 Å². The van der Waals surface area contributed by atoms with Gasteiger partial charge in [0.25, 0.3) is 0 Å². The Bertz CT molecular complexity index is 784. The molecule has 1 aliphatic rings. The van der Waals surface area contributed by atoms with E-state index in [1.165, 1.54) is 0 Å². The number of ether oxygens (including phenoxy) is 1. The summed E-state index contributed by atoms with van der Waals surface area (Å²) in [5.41, 5.74) is 0.675. The van der Waals surface area contributed by atoms with E-state index in [0.29, 0.717) is 11.4 Å². The van der Waals surface area contributed by atoms with Crippen LogP contribution in [0.2, 0.25) is 0 Å². The van der Waals surface area contributed by atoms with Gasteiger partial charge in [0.2, 0.25) is 0 Å². The number of pyridine rings is 1. The Labute approximate surface area is 130 Å². The highest BCUT2D eigenvalue weighted by atomic mass is 32.2. The molecule has 0 bridgehead atoms. The Kier molecular flexibility index (Phi) is 3.65. The molecule has 3 rings (SSSR count). The largest absolute Gasteiger partial charge is 0.487 e. The molecule has 0 aromatic carbocycles. The Morgan fingerprint density at radius 3 is 2.82 bits per heavy atom. The van der Waals surface area contributed by atoms with Crippen molar-refractivity contribution in [3.05, 3.63) is 24.7 Å². The van der Waals surface area contributed by atoms with Crippen LogP contribution in [0.1, 0.15) is 27.2 Å². The molecule has 1 saturated heterocycles. The molecular formula is C15H21N3O3S. The third-order valence-electron chi connectivity index (χ3n) is 3.86. The third kappa shape index (κ3) is 2.59. The molecule has 2 aromatic heterocycles. The smallest absolute Gasteiger partial charge is 0.188 e. The molecule has 0 saturated carbocycles. The molecule has 1 N–H and O–H groups in total. The van der Waals surface area contributed by atoms with E-state index in [4.69, 9.17) is 4.74 Å². The zero-order valence-corrected chi connectivity index (χ0v) is 13.9. The van der Waals surface area contributed by atoms with Crippen LogP contribution in [0.4, 0.5) is 0 Å². The maximum absolute atomic E-state index is 12.9. The monoisotopic (exact) mass is 323 g/mol. The van der Waals surface area contributed by atoms with Gasteiger partial charge in [0.1, 0.15) is 22.4 Å². The van der Waals surface area contributed by atoms with Gasteiger partial charge in [-0.25, -0.2) is 13.4 Å². The second kappa shape index (κ2) is 5.24. The van der Waals surface area contributed by atoms with Crippen molar-refractivity contribution in [1.29, 1.82) is 0 Å². The number of rotatable bonds is 3. The van der Waals surface area contributed by atoms with Crippen molar-refractivity contribution >= 4 is 15.5 Å².